The molecule has 5 nitrogen and oxygen atoms in total. The molecule has 0 aromatic heterocycles. The number of hydrogen-bond acceptors (Lipinski definition) is 5. The molecular formula is C15H18FN3O2. The molecule has 21 heavy (non-hydrogen) atoms. The molecule has 0 saturated carbocycles. The lowest BCUT2D eigenvalue weighted by atomic mass is 10.0. The second kappa shape index (κ2) is 4.89. The van der Waals surface area contributed by atoms with E-state index in [-0.39, 0.29) is 11.9 Å². The van der Waals surface area contributed by atoms with Gasteiger partial charge in [-0.2, -0.15) is 5.01 Å². The molecule has 6 heteroatoms. The van der Waals surface area contributed by atoms with Crippen molar-refractivity contribution >= 4 is 11.6 Å². The Morgan fingerprint density at radius 2 is 2.10 bits per heavy atom. The Labute approximate surface area is 122 Å². The second-order valence-electron chi connectivity index (χ2n) is 5.98. The Balaban J connectivity index is 1.84. The third-order valence-corrected chi connectivity index (χ3v) is 3.84. The van der Waals surface area contributed by atoms with E-state index in [9.17, 15) is 14.3 Å². The van der Waals surface area contributed by atoms with Gasteiger partial charge >= 0.3 is 0 Å². The summed E-state index contributed by atoms with van der Waals surface area (Å²) in [6.45, 7) is 2.79. The van der Waals surface area contributed by atoms with Gasteiger partial charge < -0.3 is 5.11 Å². The van der Waals surface area contributed by atoms with Crippen LogP contribution in [0.1, 0.15) is 31.9 Å². The molecule has 0 amide bonds. The lowest BCUT2D eigenvalue weighted by Gasteiger charge is -2.24. The van der Waals surface area contributed by atoms with Crippen LogP contribution in [0.2, 0.25) is 0 Å². The maximum absolute atomic E-state index is 14.2. The van der Waals surface area contributed by atoms with Crippen molar-refractivity contribution in [3.05, 3.63) is 35.9 Å². The first-order chi connectivity index (χ1) is 9.88. The minimum atomic E-state index is -1.53. The number of rotatable bonds is 3. The number of aliphatic imine (C=N–C) groups is 1. The molecule has 2 aliphatic heterocycles. The maximum atomic E-state index is 14.2. The molecule has 2 aliphatic rings. The number of amidine groups is 1. The molecule has 3 atom stereocenters. The Morgan fingerprint density at radius 3 is 2.71 bits per heavy atom. The zero-order chi connectivity index (χ0) is 15.2. The van der Waals surface area contributed by atoms with E-state index in [4.69, 9.17) is 0 Å². The predicted molar refractivity (Wildman–Crippen MR) is 76.2 cm³/mol. The number of alkyl halides is 1. The molecule has 2 N–H and O–H groups in total. The minimum Gasteiger partial charge on any atom is -0.382 e. The number of aliphatic hydroxyl groups is 1. The number of fused-ring (bicyclic) bond motifs is 1. The number of Topliss-reactive ketones (excluding diaryl/α,β-unsaturated/α-hetero) is 1. The molecular weight excluding hydrogens is 273 g/mol. The molecule has 0 radical (unpaired) electrons. The van der Waals surface area contributed by atoms with Crippen LogP contribution in [0.25, 0.3) is 0 Å². The van der Waals surface area contributed by atoms with Crippen LogP contribution in [-0.4, -0.2) is 39.7 Å². The van der Waals surface area contributed by atoms with Gasteiger partial charge in [-0.05, 0) is 19.4 Å². The number of benzene rings is 1. The quantitative estimate of drug-likeness (QED) is 0.882. The summed E-state index contributed by atoms with van der Waals surface area (Å²) >= 11 is 0. The minimum absolute atomic E-state index is 0.0239. The van der Waals surface area contributed by atoms with Gasteiger partial charge in [-0.15, -0.1) is 0 Å². The van der Waals surface area contributed by atoms with Gasteiger partial charge in [-0.3, -0.25) is 10.2 Å². The number of hydrazine groups is 1. The summed E-state index contributed by atoms with van der Waals surface area (Å²) in [5, 5.41) is 11.4. The fraction of sp³-hybridized carbons (Fsp3) is 0.467. The smallest absolute Gasteiger partial charge is 0.229 e. The first-order valence-electron chi connectivity index (χ1n) is 6.97. The van der Waals surface area contributed by atoms with Gasteiger partial charge in [0.15, 0.2) is 12.0 Å². The zero-order valence-corrected chi connectivity index (χ0v) is 12.0. The molecule has 1 saturated heterocycles. The zero-order valence-electron chi connectivity index (χ0n) is 12.0. The summed E-state index contributed by atoms with van der Waals surface area (Å²) in [5.74, 6) is -0.508. The Hall–Kier alpha value is -1.79. The molecule has 3 rings (SSSR count). The van der Waals surface area contributed by atoms with E-state index in [0.29, 0.717) is 6.42 Å². The van der Waals surface area contributed by atoms with E-state index in [1.165, 1.54) is 13.8 Å². The van der Waals surface area contributed by atoms with E-state index in [1.807, 2.05) is 30.3 Å². The molecule has 1 aromatic rings. The van der Waals surface area contributed by atoms with E-state index in [1.54, 1.807) is 5.01 Å². The van der Waals surface area contributed by atoms with Crippen LogP contribution in [0.15, 0.2) is 35.3 Å². The monoisotopic (exact) mass is 291 g/mol. The van der Waals surface area contributed by atoms with Crippen LogP contribution in [0.3, 0.4) is 0 Å². The molecule has 0 bridgehead atoms. The first-order valence-corrected chi connectivity index (χ1v) is 6.97. The SMILES string of the molecule is CC(C)(O)C(=O)C1=NC2[C@H](F)C[C@H](c3ccccc3)N2N1. The third-order valence-electron chi connectivity index (χ3n) is 3.84. The van der Waals surface area contributed by atoms with Crippen molar-refractivity contribution in [1.82, 2.24) is 10.4 Å². The van der Waals surface area contributed by atoms with Crippen molar-refractivity contribution in [2.45, 2.75) is 44.2 Å². The summed E-state index contributed by atoms with van der Waals surface area (Å²) in [4.78, 5) is 16.2. The van der Waals surface area contributed by atoms with E-state index < -0.39 is 23.7 Å². The van der Waals surface area contributed by atoms with Crippen molar-refractivity contribution in [3.63, 3.8) is 0 Å². The highest BCUT2D eigenvalue weighted by Crippen LogP contribution is 2.39. The van der Waals surface area contributed by atoms with E-state index in [0.717, 1.165) is 5.56 Å². The molecule has 1 fully saturated rings. The highest BCUT2D eigenvalue weighted by atomic mass is 19.1. The standard InChI is InChI=1S/C15H18FN3O2/c1-15(2,21)12(20)13-17-14-10(16)8-11(19(14)18-13)9-6-4-3-5-7-9/h3-7,10-11,14,21H,8H2,1-2H3,(H,17,18)/t10-,11-,14?/m1/s1. The van der Waals surface area contributed by atoms with Crippen molar-refractivity contribution in [2.75, 3.05) is 0 Å². The average Bonchev–Trinajstić information content (AvgIpc) is 2.99. The Bertz CT molecular complexity index is 582. The molecule has 1 aromatic carbocycles. The summed E-state index contributed by atoms with van der Waals surface area (Å²) in [6.07, 6.45) is -1.53. The molecule has 0 aliphatic carbocycles. The van der Waals surface area contributed by atoms with Gasteiger partial charge in [0.2, 0.25) is 5.78 Å². The molecule has 2 heterocycles. The summed E-state index contributed by atoms with van der Waals surface area (Å²) in [6, 6.07) is 9.38. The van der Waals surface area contributed by atoms with Gasteiger partial charge in [0, 0.05) is 6.42 Å². The van der Waals surface area contributed by atoms with Crippen LogP contribution >= 0.6 is 0 Å². The van der Waals surface area contributed by atoms with Gasteiger partial charge in [0.25, 0.3) is 0 Å². The van der Waals surface area contributed by atoms with Gasteiger partial charge in [0.1, 0.15) is 11.8 Å². The topological polar surface area (TPSA) is 64.9 Å². The van der Waals surface area contributed by atoms with Gasteiger partial charge in [-0.1, -0.05) is 30.3 Å². The van der Waals surface area contributed by atoms with Crippen molar-refractivity contribution in [3.8, 4) is 0 Å². The molecule has 1 unspecified atom stereocenters. The fourth-order valence-electron chi connectivity index (χ4n) is 2.75. The fourth-order valence-corrected chi connectivity index (χ4v) is 2.75. The average molecular weight is 291 g/mol. The van der Waals surface area contributed by atoms with Crippen molar-refractivity contribution in [1.29, 1.82) is 0 Å². The second-order valence-corrected chi connectivity index (χ2v) is 5.98. The highest BCUT2D eigenvalue weighted by molar-refractivity contribution is 6.41. The molecule has 0 spiro atoms. The van der Waals surface area contributed by atoms with Gasteiger partial charge in [0.05, 0.1) is 6.04 Å². The summed E-state index contributed by atoms with van der Waals surface area (Å²) in [5.41, 5.74) is 2.32. The normalized spacial score (nSPS) is 29.0. The Kier molecular flexibility index (Phi) is 3.30. The van der Waals surface area contributed by atoms with E-state index >= 15 is 0 Å². The number of nitrogens with zero attached hydrogens (tertiary/aromatic N) is 2. The predicted octanol–water partition coefficient (Wildman–Crippen LogP) is 1.35. The van der Waals surface area contributed by atoms with Crippen LogP contribution < -0.4 is 5.43 Å². The summed E-state index contributed by atoms with van der Waals surface area (Å²) < 4.78 is 14.2. The third kappa shape index (κ3) is 2.45. The van der Waals surface area contributed by atoms with Gasteiger partial charge in [-0.25, -0.2) is 9.38 Å². The first kappa shape index (κ1) is 14.2. The summed E-state index contributed by atoms with van der Waals surface area (Å²) in [7, 11) is 0. The van der Waals surface area contributed by atoms with Crippen molar-refractivity contribution < 1.29 is 14.3 Å². The number of nitrogens with one attached hydrogen (secondary N) is 1. The number of halogens is 1. The van der Waals surface area contributed by atoms with Crippen LogP contribution in [0, 0.1) is 0 Å². The Morgan fingerprint density at radius 1 is 1.43 bits per heavy atom. The lowest BCUT2D eigenvalue weighted by molar-refractivity contribution is -0.127. The highest BCUT2D eigenvalue weighted by Gasteiger charge is 2.48. The van der Waals surface area contributed by atoms with Crippen LogP contribution in [-0.2, 0) is 4.79 Å². The number of ketones is 1. The van der Waals surface area contributed by atoms with Crippen LogP contribution in [0.5, 0.6) is 0 Å². The maximum Gasteiger partial charge on any atom is 0.229 e. The van der Waals surface area contributed by atoms with Crippen molar-refractivity contribution in [2.24, 2.45) is 4.99 Å². The van der Waals surface area contributed by atoms with Crippen LogP contribution in [0.4, 0.5) is 4.39 Å². The van der Waals surface area contributed by atoms with E-state index in [2.05, 4.69) is 10.4 Å². The number of carbonyl (C=O) groups is 1. The lowest BCUT2D eigenvalue weighted by Crippen LogP contribution is -2.47. The largest absolute Gasteiger partial charge is 0.382 e. The molecule has 112 valence electrons. The number of hydrogen-bond donors (Lipinski definition) is 2. The number of carbonyl (C=O) groups excluding carboxylic acids is 1.